The van der Waals surface area contributed by atoms with Crippen LogP contribution in [0.1, 0.15) is 26.2 Å². The maximum Gasteiger partial charge on any atom is 0.0667 e. The first kappa shape index (κ1) is 11.5. The van der Waals surface area contributed by atoms with Crippen LogP contribution in [0.4, 0.5) is 0 Å². The lowest BCUT2D eigenvalue weighted by atomic mass is 10.1. The summed E-state index contributed by atoms with van der Waals surface area (Å²) in [7, 11) is 1.97. The highest BCUT2D eigenvalue weighted by molar-refractivity contribution is 4.96. The van der Waals surface area contributed by atoms with Crippen LogP contribution in [-0.4, -0.2) is 32.3 Å². The van der Waals surface area contributed by atoms with Gasteiger partial charge in [0, 0.05) is 30.8 Å². The van der Waals surface area contributed by atoms with Crippen molar-refractivity contribution < 1.29 is 4.74 Å². The van der Waals surface area contributed by atoms with Crippen molar-refractivity contribution in [1.29, 1.82) is 0 Å². The molecule has 1 heterocycles. The molecule has 0 bridgehead atoms. The summed E-state index contributed by atoms with van der Waals surface area (Å²) in [4.78, 5) is 0. The first-order valence-electron chi connectivity index (χ1n) is 5.41. The Morgan fingerprint density at radius 2 is 2.43 bits per heavy atom. The molecule has 1 fully saturated rings. The van der Waals surface area contributed by atoms with E-state index in [4.69, 9.17) is 4.74 Å². The van der Waals surface area contributed by atoms with E-state index in [2.05, 4.69) is 24.1 Å². The molecule has 0 saturated carbocycles. The normalized spacial score (nSPS) is 24.3. The van der Waals surface area contributed by atoms with Crippen molar-refractivity contribution in [2.75, 3.05) is 20.3 Å². The molecule has 0 radical (unpaired) electrons. The first-order valence-corrected chi connectivity index (χ1v) is 5.41. The van der Waals surface area contributed by atoms with Crippen LogP contribution in [0, 0.1) is 0 Å². The van der Waals surface area contributed by atoms with Gasteiger partial charge in [0.15, 0.2) is 0 Å². The molecule has 82 valence electrons. The fourth-order valence-electron chi connectivity index (χ4n) is 1.67. The fraction of sp³-hybridized carbons (Fsp3) is 0.818. The highest BCUT2D eigenvalue weighted by Gasteiger charge is 2.14. The number of nitrogens with one attached hydrogen (secondary N) is 2. The zero-order chi connectivity index (χ0) is 10.4. The summed E-state index contributed by atoms with van der Waals surface area (Å²) >= 11 is 0. The summed E-state index contributed by atoms with van der Waals surface area (Å²) in [6.45, 7) is 7.93. The van der Waals surface area contributed by atoms with Crippen molar-refractivity contribution in [3.63, 3.8) is 0 Å². The molecule has 1 aliphatic heterocycles. The highest BCUT2D eigenvalue weighted by atomic mass is 16.5. The molecule has 2 unspecified atom stereocenters. The Hall–Kier alpha value is -0.540. The Morgan fingerprint density at radius 1 is 1.64 bits per heavy atom. The molecule has 0 aromatic heterocycles. The molecule has 2 N–H and O–H groups in total. The van der Waals surface area contributed by atoms with Crippen LogP contribution in [0.5, 0.6) is 0 Å². The van der Waals surface area contributed by atoms with Gasteiger partial charge in [0.2, 0.25) is 0 Å². The summed E-state index contributed by atoms with van der Waals surface area (Å²) in [6, 6.07) is 0.958. The third-order valence-electron chi connectivity index (χ3n) is 2.61. The van der Waals surface area contributed by atoms with Gasteiger partial charge >= 0.3 is 0 Å². The third kappa shape index (κ3) is 4.11. The molecule has 1 saturated heterocycles. The van der Waals surface area contributed by atoms with Crippen molar-refractivity contribution in [2.45, 2.75) is 38.3 Å². The Balaban J connectivity index is 2.18. The topological polar surface area (TPSA) is 33.3 Å². The van der Waals surface area contributed by atoms with Crippen LogP contribution >= 0.6 is 0 Å². The number of hydrogen-bond acceptors (Lipinski definition) is 3. The van der Waals surface area contributed by atoms with Gasteiger partial charge in [-0.25, -0.2) is 0 Å². The molecule has 1 rings (SSSR count). The van der Waals surface area contributed by atoms with Gasteiger partial charge in [-0.1, -0.05) is 6.58 Å². The average Bonchev–Trinajstić information content (AvgIpc) is 2.19. The van der Waals surface area contributed by atoms with Crippen LogP contribution in [0.25, 0.3) is 0 Å². The SMILES string of the molecule is C=C(CC(C)NC)NC1CCCOC1. The maximum absolute atomic E-state index is 5.40. The molecule has 0 spiro atoms. The van der Waals surface area contributed by atoms with Crippen molar-refractivity contribution in [3.8, 4) is 0 Å². The van der Waals surface area contributed by atoms with E-state index < -0.39 is 0 Å². The first-order chi connectivity index (χ1) is 6.72. The summed E-state index contributed by atoms with van der Waals surface area (Å²) < 4.78 is 5.40. The van der Waals surface area contributed by atoms with Crippen LogP contribution in [0.2, 0.25) is 0 Å². The number of rotatable bonds is 5. The molecule has 3 heteroatoms. The van der Waals surface area contributed by atoms with Gasteiger partial charge in [-0.3, -0.25) is 0 Å². The lowest BCUT2D eigenvalue weighted by molar-refractivity contribution is 0.0732. The minimum Gasteiger partial charge on any atom is -0.384 e. The van der Waals surface area contributed by atoms with E-state index in [0.717, 1.165) is 31.8 Å². The van der Waals surface area contributed by atoms with E-state index in [1.54, 1.807) is 0 Å². The summed E-state index contributed by atoms with van der Waals surface area (Å²) in [6.07, 6.45) is 3.34. The molecule has 3 nitrogen and oxygen atoms in total. The van der Waals surface area contributed by atoms with E-state index in [9.17, 15) is 0 Å². The molecule has 0 amide bonds. The highest BCUT2D eigenvalue weighted by Crippen LogP contribution is 2.09. The Bertz CT molecular complexity index is 176. The van der Waals surface area contributed by atoms with Crippen LogP contribution in [0.15, 0.2) is 12.3 Å². The van der Waals surface area contributed by atoms with Gasteiger partial charge in [0.05, 0.1) is 6.61 Å². The molecule has 0 aliphatic carbocycles. The predicted octanol–water partition coefficient (Wildman–Crippen LogP) is 1.27. The minimum absolute atomic E-state index is 0.473. The summed E-state index contributed by atoms with van der Waals surface area (Å²) in [5, 5.41) is 6.63. The van der Waals surface area contributed by atoms with Gasteiger partial charge in [0.1, 0.15) is 0 Å². The lowest BCUT2D eigenvalue weighted by Crippen LogP contribution is -2.37. The Labute approximate surface area is 86.9 Å². The summed E-state index contributed by atoms with van der Waals surface area (Å²) in [5.74, 6) is 0. The van der Waals surface area contributed by atoms with E-state index >= 15 is 0 Å². The van der Waals surface area contributed by atoms with E-state index in [1.807, 2.05) is 7.05 Å². The molecule has 2 atom stereocenters. The zero-order valence-electron chi connectivity index (χ0n) is 9.31. The maximum atomic E-state index is 5.40. The number of ether oxygens (including phenoxy) is 1. The largest absolute Gasteiger partial charge is 0.384 e. The van der Waals surface area contributed by atoms with Gasteiger partial charge in [-0.15, -0.1) is 0 Å². The van der Waals surface area contributed by atoms with Gasteiger partial charge < -0.3 is 15.4 Å². The van der Waals surface area contributed by atoms with Crippen LogP contribution < -0.4 is 10.6 Å². The Morgan fingerprint density at radius 3 is 3.00 bits per heavy atom. The second-order valence-corrected chi connectivity index (χ2v) is 4.06. The van der Waals surface area contributed by atoms with Gasteiger partial charge in [-0.05, 0) is 26.8 Å². The molecule has 14 heavy (non-hydrogen) atoms. The minimum atomic E-state index is 0.473. The van der Waals surface area contributed by atoms with Crippen molar-refractivity contribution in [2.24, 2.45) is 0 Å². The molecule has 1 aliphatic rings. The van der Waals surface area contributed by atoms with E-state index in [0.29, 0.717) is 12.1 Å². The molecular weight excluding hydrogens is 176 g/mol. The monoisotopic (exact) mass is 198 g/mol. The van der Waals surface area contributed by atoms with Crippen LogP contribution in [-0.2, 0) is 4.74 Å². The molecule has 0 aromatic carbocycles. The molecule has 0 aromatic rings. The van der Waals surface area contributed by atoms with Crippen LogP contribution in [0.3, 0.4) is 0 Å². The average molecular weight is 198 g/mol. The standard InChI is InChI=1S/C11H22N2O/c1-9(12-3)7-10(2)13-11-5-4-6-14-8-11/h9,11-13H,2,4-8H2,1,3H3. The van der Waals surface area contributed by atoms with Crippen molar-refractivity contribution >= 4 is 0 Å². The van der Waals surface area contributed by atoms with Crippen molar-refractivity contribution in [3.05, 3.63) is 12.3 Å². The van der Waals surface area contributed by atoms with E-state index in [1.165, 1.54) is 6.42 Å². The molecular formula is C11H22N2O. The number of hydrogen-bond donors (Lipinski definition) is 2. The van der Waals surface area contributed by atoms with E-state index in [-0.39, 0.29) is 0 Å². The summed E-state index contributed by atoms with van der Waals surface area (Å²) in [5.41, 5.74) is 1.11. The Kier molecular flexibility index (Phi) is 4.98. The van der Waals surface area contributed by atoms with Gasteiger partial charge in [0.25, 0.3) is 0 Å². The third-order valence-corrected chi connectivity index (χ3v) is 2.61. The quantitative estimate of drug-likeness (QED) is 0.698. The fourth-order valence-corrected chi connectivity index (χ4v) is 1.67. The zero-order valence-corrected chi connectivity index (χ0v) is 9.31. The van der Waals surface area contributed by atoms with Gasteiger partial charge in [-0.2, -0.15) is 0 Å². The second-order valence-electron chi connectivity index (χ2n) is 4.06. The lowest BCUT2D eigenvalue weighted by Gasteiger charge is -2.26. The smallest absolute Gasteiger partial charge is 0.0667 e. The predicted molar refractivity (Wildman–Crippen MR) is 59.3 cm³/mol. The second kappa shape index (κ2) is 6.04. The van der Waals surface area contributed by atoms with Crippen molar-refractivity contribution in [1.82, 2.24) is 10.6 Å².